The molecule has 0 rings (SSSR count). The maximum Gasteiger partial charge on any atom is 0.332 e. The molecule has 0 aromatic carbocycles. The van der Waals surface area contributed by atoms with Gasteiger partial charge in [0, 0.05) is 6.61 Å². The van der Waals surface area contributed by atoms with Crippen LogP contribution < -0.4 is 0 Å². The van der Waals surface area contributed by atoms with Crippen LogP contribution in [0.3, 0.4) is 0 Å². The van der Waals surface area contributed by atoms with Gasteiger partial charge in [0.1, 0.15) is 6.10 Å². The molecule has 0 radical (unpaired) electrons. The van der Waals surface area contributed by atoms with E-state index in [1.807, 2.05) is 6.92 Å². The van der Waals surface area contributed by atoms with Gasteiger partial charge in [-0.05, 0) is 13.3 Å². The lowest BCUT2D eigenvalue weighted by atomic mass is 10.4. The molecule has 4 nitrogen and oxygen atoms in total. The molecule has 0 aliphatic carbocycles. The van der Waals surface area contributed by atoms with Crippen molar-refractivity contribution in [2.75, 3.05) is 6.61 Å². The van der Waals surface area contributed by atoms with Gasteiger partial charge in [-0.3, -0.25) is 0 Å². The molecule has 0 aliphatic rings. The Morgan fingerprint density at radius 3 is 1.80 bits per heavy atom. The van der Waals surface area contributed by atoms with Crippen molar-refractivity contribution in [3.63, 3.8) is 0 Å². The van der Waals surface area contributed by atoms with Crippen LogP contribution in [-0.4, -0.2) is 34.0 Å². The average molecular weight is 150 g/mol. The van der Waals surface area contributed by atoms with E-state index in [-0.39, 0.29) is 0 Å². The first-order chi connectivity index (χ1) is 4.56. The number of carbonyl (C=O) groups is 1. The number of aliphatic hydroxyl groups is 2. The van der Waals surface area contributed by atoms with E-state index >= 15 is 0 Å². The fraction of sp³-hybridized carbons (Fsp3) is 0.833. The number of hydrogen-bond donors (Lipinski definition) is 3. The molecule has 0 saturated carbocycles. The topological polar surface area (TPSA) is 77.8 Å². The van der Waals surface area contributed by atoms with Crippen molar-refractivity contribution in [3.8, 4) is 0 Å². The summed E-state index contributed by atoms with van der Waals surface area (Å²) in [5, 5.41) is 23.6. The minimum absolute atomic E-state index is 0.319. The summed E-state index contributed by atoms with van der Waals surface area (Å²) >= 11 is 0. The van der Waals surface area contributed by atoms with Crippen LogP contribution in [0.2, 0.25) is 0 Å². The third kappa shape index (κ3) is 15.7. The van der Waals surface area contributed by atoms with Crippen LogP contribution in [0.1, 0.15) is 20.3 Å². The van der Waals surface area contributed by atoms with Crippen molar-refractivity contribution in [1.82, 2.24) is 0 Å². The van der Waals surface area contributed by atoms with Crippen LogP contribution >= 0.6 is 0 Å². The van der Waals surface area contributed by atoms with Gasteiger partial charge in [0.05, 0.1) is 0 Å². The summed E-state index contributed by atoms with van der Waals surface area (Å²) in [5.74, 6) is -1.19. The number of hydrogen-bond acceptors (Lipinski definition) is 3. The second-order valence-electron chi connectivity index (χ2n) is 1.74. The van der Waals surface area contributed by atoms with E-state index in [4.69, 9.17) is 15.3 Å². The van der Waals surface area contributed by atoms with Crippen molar-refractivity contribution in [2.24, 2.45) is 0 Å². The molecule has 1 unspecified atom stereocenters. The van der Waals surface area contributed by atoms with Crippen LogP contribution in [-0.2, 0) is 4.79 Å². The van der Waals surface area contributed by atoms with E-state index in [0.29, 0.717) is 6.61 Å². The average Bonchev–Trinajstić information content (AvgIpc) is 1.89. The van der Waals surface area contributed by atoms with Gasteiger partial charge in [-0.1, -0.05) is 6.92 Å². The van der Waals surface area contributed by atoms with Crippen molar-refractivity contribution >= 4 is 5.97 Å². The SMILES string of the molecule is CC(O)C(=O)O.CCCO. The first-order valence-electron chi connectivity index (χ1n) is 3.08. The van der Waals surface area contributed by atoms with E-state index in [1.54, 1.807) is 0 Å². The van der Waals surface area contributed by atoms with E-state index in [2.05, 4.69) is 0 Å². The number of rotatable bonds is 2. The summed E-state index contributed by atoms with van der Waals surface area (Å²) in [6, 6.07) is 0. The molecule has 62 valence electrons. The second-order valence-corrected chi connectivity index (χ2v) is 1.74. The summed E-state index contributed by atoms with van der Waals surface area (Å²) in [4.78, 5) is 9.45. The summed E-state index contributed by atoms with van der Waals surface area (Å²) in [6.45, 7) is 3.45. The summed E-state index contributed by atoms with van der Waals surface area (Å²) < 4.78 is 0. The van der Waals surface area contributed by atoms with Gasteiger partial charge in [0.2, 0.25) is 0 Å². The number of aliphatic carboxylic acids is 1. The molecule has 0 aliphatic heterocycles. The zero-order valence-corrected chi connectivity index (χ0v) is 6.24. The molecular formula is C6H14O4. The summed E-state index contributed by atoms with van der Waals surface area (Å²) in [5.41, 5.74) is 0. The molecule has 0 saturated heterocycles. The lowest BCUT2D eigenvalue weighted by molar-refractivity contribution is -0.145. The summed E-state index contributed by atoms with van der Waals surface area (Å²) in [7, 11) is 0. The zero-order valence-electron chi connectivity index (χ0n) is 6.24. The standard InChI is InChI=1S/C3H6O3.C3H8O/c1-2(4)3(5)6;1-2-3-4/h2,4H,1H3,(H,5,6);4H,2-3H2,1H3. The molecule has 0 fully saturated rings. The lowest BCUT2D eigenvalue weighted by Gasteiger charge is -1.89. The lowest BCUT2D eigenvalue weighted by Crippen LogP contribution is -2.13. The molecule has 0 aromatic rings. The molecule has 0 spiro atoms. The Labute approximate surface area is 60.1 Å². The minimum Gasteiger partial charge on any atom is -0.479 e. The Kier molecular flexibility index (Phi) is 10.2. The van der Waals surface area contributed by atoms with E-state index in [1.165, 1.54) is 6.92 Å². The van der Waals surface area contributed by atoms with Crippen molar-refractivity contribution < 1.29 is 20.1 Å². The Morgan fingerprint density at radius 1 is 1.60 bits per heavy atom. The van der Waals surface area contributed by atoms with Crippen molar-refractivity contribution in [2.45, 2.75) is 26.4 Å². The van der Waals surface area contributed by atoms with Gasteiger partial charge in [-0.25, -0.2) is 4.79 Å². The molecule has 4 heteroatoms. The Balaban J connectivity index is 0. The predicted molar refractivity (Wildman–Crippen MR) is 36.7 cm³/mol. The van der Waals surface area contributed by atoms with Crippen molar-refractivity contribution in [1.29, 1.82) is 0 Å². The molecular weight excluding hydrogens is 136 g/mol. The first-order valence-corrected chi connectivity index (χ1v) is 3.08. The highest BCUT2D eigenvalue weighted by molar-refractivity contribution is 5.71. The number of carboxylic acid groups (broad SMARTS) is 1. The molecule has 3 N–H and O–H groups in total. The Hall–Kier alpha value is -0.610. The van der Waals surface area contributed by atoms with E-state index in [9.17, 15) is 4.79 Å². The highest BCUT2D eigenvalue weighted by atomic mass is 16.4. The van der Waals surface area contributed by atoms with Gasteiger partial charge in [0.25, 0.3) is 0 Å². The smallest absolute Gasteiger partial charge is 0.332 e. The highest BCUT2D eigenvalue weighted by Crippen LogP contribution is 1.73. The van der Waals surface area contributed by atoms with E-state index < -0.39 is 12.1 Å². The van der Waals surface area contributed by atoms with Crippen LogP contribution in [0.4, 0.5) is 0 Å². The predicted octanol–water partition coefficient (Wildman–Crippen LogP) is -0.160. The number of aliphatic hydroxyl groups excluding tert-OH is 2. The van der Waals surface area contributed by atoms with Gasteiger partial charge in [-0.2, -0.15) is 0 Å². The first kappa shape index (κ1) is 12.1. The van der Waals surface area contributed by atoms with Crippen LogP contribution in [0.25, 0.3) is 0 Å². The third-order valence-electron chi connectivity index (χ3n) is 0.581. The van der Waals surface area contributed by atoms with Gasteiger partial charge < -0.3 is 15.3 Å². The van der Waals surface area contributed by atoms with Crippen LogP contribution in [0.15, 0.2) is 0 Å². The Bertz CT molecular complexity index is 77.8. The molecule has 10 heavy (non-hydrogen) atoms. The molecule has 0 aromatic heterocycles. The van der Waals surface area contributed by atoms with Gasteiger partial charge in [-0.15, -0.1) is 0 Å². The van der Waals surface area contributed by atoms with Crippen LogP contribution in [0, 0.1) is 0 Å². The Morgan fingerprint density at radius 2 is 1.80 bits per heavy atom. The molecule has 0 heterocycles. The normalized spacial score (nSPS) is 11.2. The molecule has 1 atom stereocenters. The second kappa shape index (κ2) is 8.39. The number of carboxylic acids is 1. The minimum atomic E-state index is -1.23. The van der Waals surface area contributed by atoms with Crippen LogP contribution in [0.5, 0.6) is 0 Å². The largest absolute Gasteiger partial charge is 0.479 e. The maximum atomic E-state index is 9.45. The highest BCUT2D eigenvalue weighted by Gasteiger charge is 2.01. The zero-order chi connectivity index (χ0) is 8.57. The van der Waals surface area contributed by atoms with E-state index in [0.717, 1.165) is 6.42 Å². The monoisotopic (exact) mass is 150 g/mol. The quantitative estimate of drug-likeness (QED) is 0.511. The molecule has 0 amide bonds. The van der Waals surface area contributed by atoms with Gasteiger partial charge in [0.15, 0.2) is 0 Å². The summed E-state index contributed by atoms with van der Waals surface area (Å²) in [6.07, 6.45) is -0.356. The van der Waals surface area contributed by atoms with Gasteiger partial charge >= 0.3 is 5.97 Å². The third-order valence-corrected chi connectivity index (χ3v) is 0.581. The molecule has 0 bridgehead atoms. The van der Waals surface area contributed by atoms with Crippen molar-refractivity contribution in [3.05, 3.63) is 0 Å². The maximum absolute atomic E-state index is 9.45. The fourth-order valence-electron chi connectivity index (χ4n) is 0. The fourth-order valence-corrected chi connectivity index (χ4v) is 0.